The van der Waals surface area contributed by atoms with Gasteiger partial charge in [0.2, 0.25) is 10.0 Å². The molecule has 0 aliphatic carbocycles. The van der Waals surface area contributed by atoms with Crippen LogP contribution >= 0.6 is 0 Å². The van der Waals surface area contributed by atoms with Gasteiger partial charge in [-0.2, -0.15) is 0 Å². The minimum atomic E-state index is -3.37. The number of nitrogens with zero attached hydrogens (tertiary/aromatic N) is 1. The highest BCUT2D eigenvalue weighted by Gasteiger charge is 2.19. The maximum absolute atomic E-state index is 12.2. The molecule has 1 rings (SSSR count). The third-order valence-corrected chi connectivity index (χ3v) is 4.70. The van der Waals surface area contributed by atoms with E-state index in [4.69, 9.17) is 4.74 Å². The van der Waals surface area contributed by atoms with E-state index < -0.39 is 10.0 Å². The lowest BCUT2D eigenvalue weighted by molar-refractivity contribution is 0.317. The third kappa shape index (κ3) is 4.51. The number of ether oxygens (including phenoxy) is 1. The molecule has 0 bridgehead atoms. The van der Waals surface area contributed by atoms with Gasteiger partial charge in [-0.15, -0.1) is 0 Å². The van der Waals surface area contributed by atoms with Gasteiger partial charge in [0.25, 0.3) is 0 Å². The van der Waals surface area contributed by atoms with Gasteiger partial charge < -0.3 is 4.74 Å². The van der Waals surface area contributed by atoms with Crippen LogP contribution in [0.4, 0.5) is 0 Å². The Morgan fingerprint density at radius 2 is 1.74 bits per heavy atom. The molecule has 0 N–H and O–H groups in total. The van der Waals surface area contributed by atoms with E-state index in [0.29, 0.717) is 23.8 Å². The predicted molar refractivity (Wildman–Crippen MR) is 77.0 cm³/mol. The van der Waals surface area contributed by atoms with Crippen LogP contribution in [-0.4, -0.2) is 32.9 Å². The molecule has 1 aromatic rings. The maximum atomic E-state index is 12.2. The van der Waals surface area contributed by atoms with Crippen molar-refractivity contribution in [3.63, 3.8) is 0 Å². The Kier molecular flexibility index (Phi) is 6.31. The normalized spacial score (nSPS) is 11.8. The first kappa shape index (κ1) is 16.0. The molecule has 0 aliphatic rings. The summed E-state index contributed by atoms with van der Waals surface area (Å²) in [7, 11) is -1.75. The molecule has 0 atom stereocenters. The summed E-state index contributed by atoms with van der Waals surface area (Å²) >= 11 is 0. The van der Waals surface area contributed by atoms with Crippen LogP contribution in [0.2, 0.25) is 0 Å². The Balaban J connectivity index is 2.78. The average Bonchev–Trinajstić information content (AvgIpc) is 2.42. The van der Waals surface area contributed by atoms with E-state index in [2.05, 4.69) is 0 Å². The predicted octanol–water partition coefficient (Wildman–Crippen LogP) is 2.90. The number of unbranched alkanes of at least 4 members (excludes halogenated alkanes) is 1. The molecule has 19 heavy (non-hydrogen) atoms. The second kappa shape index (κ2) is 7.50. The van der Waals surface area contributed by atoms with Gasteiger partial charge in [0.05, 0.1) is 11.5 Å². The van der Waals surface area contributed by atoms with Crippen molar-refractivity contribution in [2.24, 2.45) is 0 Å². The van der Waals surface area contributed by atoms with Gasteiger partial charge in [-0.1, -0.05) is 20.3 Å². The highest BCUT2D eigenvalue weighted by atomic mass is 32.2. The zero-order valence-electron chi connectivity index (χ0n) is 11.9. The first-order chi connectivity index (χ1) is 9.02. The van der Waals surface area contributed by atoms with Gasteiger partial charge >= 0.3 is 0 Å². The van der Waals surface area contributed by atoms with Crippen LogP contribution < -0.4 is 4.74 Å². The van der Waals surface area contributed by atoms with Crippen molar-refractivity contribution in [2.75, 3.05) is 20.2 Å². The Morgan fingerprint density at radius 3 is 2.26 bits per heavy atom. The van der Waals surface area contributed by atoms with Crippen molar-refractivity contribution < 1.29 is 13.2 Å². The lowest BCUT2D eigenvalue weighted by Gasteiger charge is -2.17. The lowest BCUT2D eigenvalue weighted by Crippen LogP contribution is -2.27. The molecule has 0 aromatic heterocycles. The molecule has 5 heteroatoms. The van der Waals surface area contributed by atoms with E-state index in [9.17, 15) is 8.42 Å². The van der Waals surface area contributed by atoms with Crippen molar-refractivity contribution in [3.8, 4) is 5.75 Å². The van der Waals surface area contributed by atoms with Gasteiger partial charge in [0, 0.05) is 13.6 Å². The molecule has 4 nitrogen and oxygen atoms in total. The minimum Gasteiger partial charge on any atom is -0.494 e. The summed E-state index contributed by atoms with van der Waals surface area (Å²) in [5, 5.41) is 0. The van der Waals surface area contributed by atoms with E-state index in [0.717, 1.165) is 19.3 Å². The average molecular weight is 285 g/mol. The third-order valence-electron chi connectivity index (χ3n) is 2.83. The first-order valence-electron chi connectivity index (χ1n) is 6.71. The Morgan fingerprint density at radius 1 is 1.11 bits per heavy atom. The molecule has 1 aromatic carbocycles. The highest BCUT2D eigenvalue weighted by Crippen LogP contribution is 2.19. The summed E-state index contributed by atoms with van der Waals surface area (Å²) in [5.41, 5.74) is 0. The van der Waals surface area contributed by atoms with Crippen molar-refractivity contribution in [1.82, 2.24) is 4.31 Å². The van der Waals surface area contributed by atoms with E-state index in [1.807, 2.05) is 13.8 Å². The largest absolute Gasteiger partial charge is 0.494 e. The second-order valence-corrected chi connectivity index (χ2v) is 6.54. The van der Waals surface area contributed by atoms with Gasteiger partial charge in [-0.25, -0.2) is 12.7 Å². The fourth-order valence-electron chi connectivity index (χ4n) is 1.61. The van der Waals surface area contributed by atoms with Gasteiger partial charge in [-0.05, 0) is 37.1 Å². The standard InChI is InChI=1S/C14H23NO3S/c1-4-6-11-15(3)19(16,17)14-9-7-13(8-10-14)18-12-5-2/h7-10H,4-6,11-12H2,1-3H3. The van der Waals surface area contributed by atoms with Crippen molar-refractivity contribution in [1.29, 1.82) is 0 Å². The summed E-state index contributed by atoms with van der Waals surface area (Å²) in [6.07, 6.45) is 2.77. The second-order valence-electron chi connectivity index (χ2n) is 4.50. The Labute approximate surface area is 116 Å². The maximum Gasteiger partial charge on any atom is 0.242 e. The zero-order valence-corrected chi connectivity index (χ0v) is 12.7. The highest BCUT2D eigenvalue weighted by molar-refractivity contribution is 7.89. The molecule has 108 valence electrons. The molecule has 0 unspecified atom stereocenters. The molecular weight excluding hydrogens is 262 g/mol. The number of hydrogen-bond donors (Lipinski definition) is 0. The molecule has 0 aliphatic heterocycles. The first-order valence-corrected chi connectivity index (χ1v) is 8.15. The lowest BCUT2D eigenvalue weighted by atomic mass is 10.3. The van der Waals surface area contributed by atoms with Gasteiger partial charge in [0.15, 0.2) is 0 Å². The Bertz CT molecular complexity index is 468. The van der Waals surface area contributed by atoms with Crippen LogP contribution in [0.5, 0.6) is 5.75 Å². The SMILES string of the molecule is CCCCN(C)S(=O)(=O)c1ccc(OCCC)cc1. The van der Waals surface area contributed by atoms with Crippen LogP contribution in [0.25, 0.3) is 0 Å². The summed E-state index contributed by atoms with van der Waals surface area (Å²) in [6, 6.07) is 6.61. The number of hydrogen-bond acceptors (Lipinski definition) is 3. The smallest absolute Gasteiger partial charge is 0.242 e. The van der Waals surface area contributed by atoms with Crippen molar-refractivity contribution in [3.05, 3.63) is 24.3 Å². The van der Waals surface area contributed by atoms with E-state index in [1.54, 1.807) is 31.3 Å². The van der Waals surface area contributed by atoms with E-state index >= 15 is 0 Å². The number of sulfonamides is 1. The summed E-state index contributed by atoms with van der Waals surface area (Å²) in [6.45, 7) is 5.26. The molecule has 0 saturated heterocycles. The summed E-state index contributed by atoms with van der Waals surface area (Å²) < 4.78 is 31.3. The molecule has 0 saturated carbocycles. The summed E-state index contributed by atoms with van der Waals surface area (Å²) in [4.78, 5) is 0.315. The van der Waals surface area contributed by atoms with Crippen LogP contribution in [0.1, 0.15) is 33.1 Å². The fraction of sp³-hybridized carbons (Fsp3) is 0.571. The molecule has 0 spiro atoms. The van der Waals surface area contributed by atoms with E-state index in [-0.39, 0.29) is 0 Å². The summed E-state index contributed by atoms with van der Waals surface area (Å²) in [5.74, 6) is 0.706. The van der Waals surface area contributed by atoms with Gasteiger partial charge in [0.1, 0.15) is 5.75 Å². The molecule has 0 radical (unpaired) electrons. The minimum absolute atomic E-state index is 0.315. The fourth-order valence-corrected chi connectivity index (χ4v) is 2.82. The number of benzene rings is 1. The topological polar surface area (TPSA) is 46.6 Å². The van der Waals surface area contributed by atoms with Crippen molar-refractivity contribution in [2.45, 2.75) is 38.0 Å². The Hall–Kier alpha value is -1.07. The van der Waals surface area contributed by atoms with Gasteiger partial charge in [-0.3, -0.25) is 0 Å². The molecule has 0 heterocycles. The zero-order chi connectivity index (χ0) is 14.3. The monoisotopic (exact) mass is 285 g/mol. The van der Waals surface area contributed by atoms with E-state index in [1.165, 1.54) is 4.31 Å². The number of rotatable bonds is 8. The van der Waals surface area contributed by atoms with Crippen LogP contribution in [0, 0.1) is 0 Å². The van der Waals surface area contributed by atoms with Crippen molar-refractivity contribution >= 4 is 10.0 Å². The van der Waals surface area contributed by atoms with Crippen LogP contribution in [0.3, 0.4) is 0 Å². The molecular formula is C14H23NO3S. The quantitative estimate of drug-likeness (QED) is 0.738. The van der Waals surface area contributed by atoms with Crippen LogP contribution in [-0.2, 0) is 10.0 Å². The van der Waals surface area contributed by atoms with Crippen LogP contribution in [0.15, 0.2) is 29.2 Å². The molecule has 0 amide bonds. The molecule has 0 fully saturated rings.